The van der Waals surface area contributed by atoms with Gasteiger partial charge in [0.2, 0.25) is 0 Å². The van der Waals surface area contributed by atoms with Crippen LogP contribution in [-0.4, -0.2) is 6.54 Å². The Hall–Kier alpha value is -0.280. The number of halogens is 2. The molecule has 1 aromatic rings. The first-order valence-electron chi connectivity index (χ1n) is 4.30. The highest BCUT2D eigenvalue weighted by Gasteiger charge is 2.00. The van der Waals surface area contributed by atoms with Crippen LogP contribution >= 0.6 is 24.8 Å². The summed E-state index contributed by atoms with van der Waals surface area (Å²) in [6, 6.07) is 10.5. The minimum atomic E-state index is 0. The average molecular weight is 237 g/mol. The molecule has 0 saturated carbocycles. The van der Waals surface area contributed by atoms with Gasteiger partial charge in [0.05, 0.1) is 0 Å². The lowest BCUT2D eigenvalue weighted by atomic mass is 10.0. The van der Waals surface area contributed by atoms with Crippen LogP contribution in [0.4, 0.5) is 0 Å². The summed E-state index contributed by atoms with van der Waals surface area (Å²) in [5.41, 5.74) is 4.06. The highest BCUT2D eigenvalue weighted by Crippen LogP contribution is 2.06. The summed E-state index contributed by atoms with van der Waals surface area (Å²) in [6.07, 6.45) is 1.09. The number of hydrogen-bond acceptors (Lipinski definition) is 2. The zero-order chi connectivity index (χ0) is 8.81. The van der Waals surface area contributed by atoms with E-state index in [-0.39, 0.29) is 24.8 Å². The summed E-state index contributed by atoms with van der Waals surface area (Å²) in [7, 11) is 0. The van der Waals surface area contributed by atoms with E-state index < -0.39 is 0 Å². The number of hydrazine groups is 1. The monoisotopic (exact) mass is 236 g/mol. The average Bonchev–Trinajstić information content (AvgIpc) is 2.06. The van der Waals surface area contributed by atoms with Crippen molar-refractivity contribution in [3.63, 3.8) is 0 Å². The molecule has 1 rings (SSSR count). The van der Waals surface area contributed by atoms with Gasteiger partial charge in [0, 0.05) is 6.54 Å². The van der Waals surface area contributed by atoms with E-state index in [2.05, 4.69) is 36.6 Å². The van der Waals surface area contributed by atoms with Crippen molar-refractivity contribution in [1.29, 1.82) is 0 Å². The predicted molar refractivity (Wildman–Crippen MR) is 66.0 cm³/mol. The number of nitrogens with two attached hydrogens (primary N) is 1. The molecule has 0 amide bonds. The molecule has 0 aliphatic heterocycles. The minimum absolute atomic E-state index is 0. The molecule has 0 bridgehead atoms. The first kappa shape index (κ1) is 16.2. The molecule has 3 N–H and O–H groups in total. The van der Waals surface area contributed by atoms with Crippen molar-refractivity contribution < 1.29 is 0 Å². The lowest BCUT2D eigenvalue weighted by Crippen LogP contribution is -2.28. The Morgan fingerprint density at radius 2 is 1.79 bits per heavy atom. The first-order valence-corrected chi connectivity index (χ1v) is 4.30. The second-order valence-corrected chi connectivity index (χ2v) is 3.20. The highest BCUT2D eigenvalue weighted by molar-refractivity contribution is 5.85. The van der Waals surface area contributed by atoms with E-state index in [9.17, 15) is 0 Å². The summed E-state index contributed by atoms with van der Waals surface area (Å²) in [4.78, 5) is 0. The third-order valence-corrected chi connectivity index (χ3v) is 1.89. The smallest absolute Gasteiger partial charge is 0.0126 e. The third kappa shape index (κ3) is 6.22. The topological polar surface area (TPSA) is 38.0 Å². The van der Waals surface area contributed by atoms with Crippen molar-refractivity contribution in [2.45, 2.75) is 13.3 Å². The summed E-state index contributed by atoms with van der Waals surface area (Å²) < 4.78 is 0. The van der Waals surface area contributed by atoms with Gasteiger partial charge in [-0.2, -0.15) is 0 Å². The van der Waals surface area contributed by atoms with Crippen LogP contribution in [0.5, 0.6) is 0 Å². The fraction of sp³-hybridized carbons (Fsp3) is 0.400. The SMILES string of the molecule is CC(CNN)Cc1ccccc1.Cl.Cl. The van der Waals surface area contributed by atoms with Crippen LogP contribution in [0.25, 0.3) is 0 Å². The fourth-order valence-corrected chi connectivity index (χ4v) is 1.29. The predicted octanol–water partition coefficient (Wildman–Crippen LogP) is 2.17. The molecule has 0 saturated heterocycles. The van der Waals surface area contributed by atoms with Crippen molar-refractivity contribution in [3.8, 4) is 0 Å². The molecule has 0 aliphatic rings. The second-order valence-electron chi connectivity index (χ2n) is 3.20. The molecule has 0 heterocycles. The van der Waals surface area contributed by atoms with Crippen molar-refractivity contribution in [2.75, 3.05) is 6.54 Å². The summed E-state index contributed by atoms with van der Waals surface area (Å²) in [6.45, 7) is 3.06. The van der Waals surface area contributed by atoms with E-state index >= 15 is 0 Å². The van der Waals surface area contributed by atoms with Crippen LogP contribution in [0.1, 0.15) is 12.5 Å². The van der Waals surface area contributed by atoms with Gasteiger partial charge in [0.25, 0.3) is 0 Å². The quantitative estimate of drug-likeness (QED) is 0.622. The molecule has 2 nitrogen and oxygen atoms in total. The molecule has 0 fully saturated rings. The molecule has 4 heteroatoms. The van der Waals surface area contributed by atoms with Crippen molar-refractivity contribution >= 4 is 24.8 Å². The molecule has 0 spiro atoms. The van der Waals surface area contributed by atoms with Gasteiger partial charge < -0.3 is 0 Å². The zero-order valence-corrected chi connectivity index (χ0v) is 9.91. The van der Waals surface area contributed by atoms with Gasteiger partial charge in [-0.3, -0.25) is 11.3 Å². The van der Waals surface area contributed by atoms with Gasteiger partial charge >= 0.3 is 0 Å². The molecule has 1 aromatic carbocycles. The molecule has 0 aromatic heterocycles. The van der Waals surface area contributed by atoms with Crippen molar-refractivity contribution in [3.05, 3.63) is 35.9 Å². The van der Waals surface area contributed by atoms with Crippen LogP contribution in [-0.2, 0) is 6.42 Å². The Balaban J connectivity index is 0. The first-order chi connectivity index (χ1) is 5.83. The maximum absolute atomic E-state index is 5.23. The van der Waals surface area contributed by atoms with Gasteiger partial charge in [-0.15, -0.1) is 24.8 Å². The van der Waals surface area contributed by atoms with E-state index in [0.29, 0.717) is 5.92 Å². The van der Waals surface area contributed by atoms with Gasteiger partial charge in [-0.1, -0.05) is 37.3 Å². The molecule has 14 heavy (non-hydrogen) atoms. The van der Waals surface area contributed by atoms with Gasteiger partial charge in [0.1, 0.15) is 0 Å². The molecular formula is C10H18Cl2N2. The van der Waals surface area contributed by atoms with Crippen LogP contribution in [0.3, 0.4) is 0 Å². The van der Waals surface area contributed by atoms with E-state index in [1.165, 1.54) is 5.56 Å². The number of hydrogen-bond donors (Lipinski definition) is 2. The molecule has 82 valence electrons. The minimum Gasteiger partial charge on any atom is -0.271 e. The Morgan fingerprint density at radius 3 is 2.29 bits per heavy atom. The Morgan fingerprint density at radius 1 is 1.21 bits per heavy atom. The number of rotatable bonds is 4. The Bertz CT molecular complexity index is 217. The zero-order valence-electron chi connectivity index (χ0n) is 8.27. The third-order valence-electron chi connectivity index (χ3n) is 1.89. The Labute approximate surface area is 98.1 Å². The van der Waals surface area contributed by atoms with Crippen molar-refractivity contribution in [1.82, 2.24) is 5.43 Å². The summed E-state index contributed by atoms with van der Waals surface area (Å²) in [5.74, 6) is 5.83. The van der Waals surface area contributed by atoms with Crippen LogP contribution in [0.15, 0.2) is 30.3 Å². The molecule has 0 aliphatic carbocycles. The van der Waals surface area contributed by atoms with Crippen LogP contribution in [0.2, 0.25) is 0 Å². The van der Waals surface area contributed by atoms with Crippen LogP contribution < -0.4 is 11.3 Å². The van der Waals surface area contributed by atoms with Crippen molar-refractivity contribution in [2.24, 2.45) is 11.8 Å². The Kier molecular flexibility index (Phi) is 10.7. The van der Waals surface area contributed by atoms with Crippen LogP contribution in [0, 0.1) is 5.92 Å². The highest BCUT2D eigenvalue weighted by atomic mass is 35.5. The largest absolute Gasteiger partial charge is 0.271 e. The van der Waals surface area contributed by atoms with Gasteiger partial charge in [0.15, 0.2) is 0 Å². The van der Waals surface area contributed by atoms with E-state index in [1.807, 2.05) is 6.07 Å². The molecule has 1 unspecified atom stereocenters. The van der Waals surface area contributed by atoms with Gasteiger partial charge in [-0.05, 0) is 17.9 Å². The second kappa shape index (κ2) is 9.28. The van der Waals surface area contributed by atoms with E-state index in [0.717, 1.165) is 13.0 Å². The molecular weight excluding hydrogens is 219 g/mol. The molecule has 0 radical (unpaired) electrons. The lowest BCUT2D eigenvalue weighted by Gasteiger charge is -2.09. The molecule has 1 atom stereocenters. The standard InChI is InChI=1S/C10H16N2.2ClH/c1-9(8-12-11)7-10-5-3-2-4-6-10;;/h2-6,9,12H,7-8,11H2,1H3;2*1H. The summed E-state index contributed by atoms with van der Waals surface area (Å²) >= 11 is 0. The normalized spacial score (nSPS) is 11.0. The lowest BCUT2D eigenvalue weighted by molar-refractivity contribution is 0.522. The maximum atomic E-state index is 5.23. The number of nitrogens with one attached hydrogen (secondary N) is 1. The number of benzene rings is 1. The van der Waals surface area contributed by atoms with E-state index in [1.54, 1.807) is 0 Å². The summed E-state index contributed by atoms with van der Waals surface area (Å²) in [5, 5.41) is 0. The maximum Gasteiger partial charge on any atom is 0.0126 e. The fourth-order valence-electron chi connectivity index (χ4n) is 1.29. The van der Waals surface area contributed by atoms with E-state index in [4.69, 9.17) is 5.84 Å². The van der Waals surface area contributed by atoms with Gasteiger partial charge in [-0.25, -0.2) is 0 Å².